The summed E-state index contributed by atoms with van der Waals surface area (Å²) in [6.45, 7) is 1.98. The summed E-state index contributed by atoms with van der Waals surface area (Å²) in [5.41, 5.74) is 5.57. The van der Waals surface area contributed by atoms with Crippen LogP contribution in [0.25, 0.3) is 0 Å². The van der Waals surface area contributed by atoms with E-state index in [0.29, 0.717) is 12.1 Å². The van der Waals surface area contributed by atoms with E-state index in [4.69, 9.17) is 5.73 Å². The monoisotopic (exact) mass is 265 g/mol. The third kappa shape index (κ3) is 3.29. The Morgan fingerprint density at radius 1 is 1.16 bits per heavy atom. The molecule has 1 saturated heterocycles. The highest BCUT2D eigenvalue weighted by atomic mass is 16.1. The lowest BCUT2D eigenvalue weighted by Gasteiger charge is -2.45. The summed E-state index contributed by atoms with van der Waals surface area (Å²) in [7, 11) is 0. The number of rotatable bonds is 5. The Bertz CT molecular complexity index is 327. The van der Waals surface area contributed by atoms with Crippen LogP contribution >= 0.6 is 0 Å². The molecule has 3 N–H and O–H groups in total. The second kappa shape index (κ2) is 5.80. The van der Waals surface area contributed by atoms with E-state index in [-0.39, 0.29) is 11.9 Å². The highest BCUT2D eigenvalue weighted by Crippen LogP contribution is 2.35. The number of primary amides is 1. The molecule has 4 nitrogen and oxygen atoms in total. The van der Waals surface area contributed by atoms with E-state index < -0.39 is 0 Å². The highest BCUT2D eigenvalue weighted by molar-refractivity contribution is 5.80. The van der Waals surface area contributed by atoms with Gasteiger partial charge in [-0.15, -0.1) is 0 Å². The van der Waals surface area contributed by atoms with Crippen LogP contribution < -0.4 is 11.1 Å². The van der Waals surface area contributed by atoms with Gasteiger partial charge in [-0.3, -0.25) is 9.69 Å². The smallest absolute Gasteiger partial charge is 0.235 e. The third-order valence-electron chi connectivity index (χ3n) is 5.13. The van der Waals surface area contributed by atoms with Crippen molar-refractivity contribution >= 4 is 5.91 Å². The molecule has 3 atom stereocenters. The summed E-state index contributed by atoms with van der Waals surface area (Å²) in [4.78, 5) is 14.2. The summed E-state index contributed by atoms with van der Waals surface area (Å²) in [5, 5.41) is 3.42. The molecule has 0 spiro atoms. The minimum Gasteiger partial charge on any atom is -0.368 e. The lowest BCUT2D eigenvalue weighted by molar-refractivity contribution is -0.121. The van der Waals surface area contributed by atoms with Crippen molar-refractivity contribution in [1.29, 1.82) is 0 Å². The second-order valence-corrected chi connectivity index (χ2v) is 6.64. The molecule has 1 aliphatic heterocycles. The van der Waals surface area contributed by atoms with Gasteiger partial charge in [0.25, 0.3) is 0 Å². The van der Waals surface area contributed by atoms with E-state index in [9.17, 15) is 4.79 Å². The molecular weight excluding hydrogens is 238 g/mol. The quantitative estimate of drug-likeness (QED) is 0.786. The predicted octanol–water partition coefficient (Wildman–Crippen LogP) is 1.25. The van der Waals surface area contributed by atoms with Crippen molar-refractivity contribution in [3.05, 3.63) is 0 Å². The van der Waals surface area contributed by atoms with Gasteiger partial charge in [-0.05, 0) is 51.0 Å². The van der Waals surface area contributed by atoms with Crippen LogP contribution in [0.4, 0.5) is 0 Å². The number of hydrogen-bond donors (Lipinski definition) is 2. The highest BCUT2D eigenvalue weighted by Gasteiger charge is 2.36. The van der Waals surface area contributed by atoms with E-state index in [1.807, 2.05) is 0 Å². The zero-order valence-corrected chi connectivity index (χ0v) is 11.8. The van der Waals surface area contributed by atoms with Crippen LogP contribution in [0.15, 0.2) is 0 Å². The average Bonchev–Trinajstić information content (AvgIpc) is 3.22. The van der Waals surface area contributed by atoms with E-state index >= 15 is 0 Å². The first kappa shape index (κ1) is 13.4. The molecule has 0 aromatic heterocycles. The number of likely N-dealkylation sites (tertiary alicyclic amines) is 1. The molecule has 3 fully saturated rings. The molecule has 0 radical (unpaired) electrons. The van der Waals surface area contributed by atoms with E-state index in [0.717, 1.165) is 19.0 Å². The number of hydrogen-bond acceptors (Lipinski definition) is 3. The van der Waals surface area contributed by atoms with Gasteiger partial charge in [0, 0.05) is 18.6 Å². The second-order valence-electron chi connectivity index (χ2n) is 6.64. The van der Waals surface area contributed by atoms with Crippen LogP contribution in [0, 0.1) is 5.92 Å². The normalized spacial score (nSPS) is 33.7. The van der Waals surface area contributed by atoms with Crippen LogP contribution in [0.3, 0.4) is 0 Å². The fourth-order valence-corrected chi connectivity index (χ4v) is 3.95. The molecule has 1 unspecified atom stereocenters. The summed E-state index contributed by atoms with van der Waals surface area (Å²) in [6.07, 6.45) is 10.5. The molecule has 1 heterocycles. The van der Waals surface area contributed by atoms with Crippen LogP contribution in [0.2, 0.25) is 0 Å². The van der Waals surface area contributed by atoms with Crippen molar-refractivity contribution in [3.63, 3.8) is 0 Å². The molecule has 3 rings (SSSR count). The molecule has 2 aliphatic carbocycles. The first-order valence-corrected chi connectivity index (χ1v) is 8.03. The van der Waals surface area contributed by atoms with Gasteiger partial charge in [0.15, 0.2) is 0 Å². The van der Waals surface area contributed by atoms with E-state index in [1.54, 1.807) is 0 Å². The number of nitrogens with zero attached hydrogens (tertiary/aromatic N) is 1. The first-order valence-electron chi connectivity index (χ1n) is 8.03. The molecule has 108 valence electrons. The maximum atomic E-state index is 11.6. The van der Waals surface area contributed by atoms with Crippen LogP contribution in [0.5, 0.6) is 0 Å². The van der Waals surface area contributed by atoms with E-state index in [2.05, 4.69) is 10.2 Å². The summed E-state index contributed by atoms with van der Waals surface area (Å²) >= 11 is 0. The fourth-order valence-electron chi connectivity index (χ4n) is 3.95. The average molecular weight is 265 g/mol. The largest absolute Gasteiger partial charge is 0.368 e. The standard InChI is InChI=1S/C15H27N3O/c16-15(19)13(17-12-7-8-12)10-18-9-3-5-11-4-1-2-6-14(11)18/h11-14,17H,1-10H2,(H2,16,19)/t11-,13?,14-/m1/s1. The molecule has 0 aromatic rings. The fraction of sp³-hybridized carbons (Fsp3) is 0.933. The Hall–Kier alpha value is -0.610. The van der Waals surface area contributed by atoms with Gasteiger partial charge in [-0.2, -0.15) is 0 Å². The van der Waals surface area contributed by atoms with Crippen LogP contribution in [-0.2, 0) is 4.79 Å². The number of nitrogens with one attached hydrogen (secondary N) is 1. The molecule has 2 saturated carbocycles. The summed E-state index contributed by atoms with van der Waals surface area (Å²) in [5.74, 6) is 0.696. The lowest BCUT2D eigenvalue weighted by Crippen LogP contribution is -2.55. The predicted molar refractivity (Wildman–Crippen MR) is 75.7 cm³/mol. The van der Waals surface area contributed by atoms with Crippen LogP contribution in [0.1, 0.15) is 51.4 Å². The SMILES string of the molecule is NC(=O)C(CN1CCC[C@H]2CCCC[C@H]21)NC1CC1. The molecule has 0 bridgehead atoms. The molecular formula is C15H27N3O. The Balaban J connectivity index is 1.60. The number of amides is 1. The van der Waals surface area contributed by atoms with Gasteiger partial charge in [0.1, 0.15) is 0 Å². The van der Waals surface area contributed by atoms with Crippen molar-refractivity contribution in [2.75, 3.05) is 13.1 Å². The lowest BCUT2D eigenvalue weighted by atomic mass is 9.78. The zero-order valence-electron chi connectivity index (χ0n) is 11.8. The zero-order chi connectivity index (χ0) is 13.2. The van der Waals surface area contributed by atoms with Gasteiger partial charge in [0.2, 0.25) is 5.91 Å². The molecule has 0 aromatic carbocycles. The van der Waals surface area contributed by atoms with Crippen molar-refractivity contribution in [2.24, 2.45) is 11.7 Å². The summed E-state index contributed by atoms with van der Waals surface area (Å²) in [6, 6.07) is 1.11. The van der Waals surface area contributed by atoms with Gasteiger partial charge in [-0.1, -0.05) is 12.8 Å². The van der Waals surface area contributed by atoms with Crippen LogP contribution in [-0.4, -0.2) is 42.0 Å². The minimum absolute atomic E-state index is 0.145. The third-order valence-corrected chi connectivity index (χ3v) is 5.13. The number of piperidine rings is 1. The summed E-state index contributed by atoms with van der Waals surface area (Å²) < 4.78 is 0. The van der Waals surface area contributed by atoms with Gasteiger partial charge in [-0.25, -0.2) is 0 Å². The van der Waals surface area contributed by atoms with Gasteiger partial charge in [0.05, 0.1) is 6.04 Å². The Morgan fingerprint density at radius 3 is 2.63 bits per heavy atom. The minimum atomic E-state index is -0.176. The number of nitrogens with two attached hydrogens (primary N) is 1. The van der Waals surface area contributed by atoms with Gasteiger partial charge >= 0.3 is 0 Å². The maximum Gasteiger partial charge on any atom is 0.235 e. The Morgan fingerprint density at radius 2 is 1.89 bits per heavy atom. The van der Waals surface area contributed by atoms with Crippen molar-refractivity contribution in [2.45, 2.75) is 69.5 Å². The Labute approximate surface area is 116 Å². The van der Waals surface area contributed by atoms with Crippen molar-refractivity contribution < 1.29 is 4.79 Å². The number of carbonyl (C=O) groups is 1. The topological polar surface area (TPSA) is 58.4 Å². The molecule has 3 aliphatic rings. The van der Waals surface area contributed by atoms with Crippen molar-refractivity contribution in [3.8, 4) is 0 Å². The Kier molecular flexibility index (Phi) is 4.08. The molecule has 4 heteroatoms. The first-order chi connectivity index (χ1) is 9.24. The molecule has 1 amide bonds. The maximum absolute atomic E-state index is 11.6. The van der Waals surface area contributed by atoms with Crippen molar-refractivity contribution in [1.82, 2.24) is 10.2 Å². The molecule has 19 heavy (non-hydrogen) atoms. The number of fused-ring (bicyclic) bond motifs is 1. The van der Waals surface area contributed by atoms with Gasteiger partial charge < -0.3 is 11.1 Å². The van der Waals surface area contributed by atoms with E-state index in [1.165, 1.54) is 51.4 Å². The number of carbonyl (C=O) groups excluding carboxylic acids is 1.